The Hall–Kier alpha value is -5.16. The van der Waals surface area contributed by atoms with Crippen LogP contribution in [0.25, 0.3) is 16.6 Å². The van der Waals surface area contributed by atoms with Gasteiger partial charge in [-0.15, -0.1) is 5.23 Å². The SMILES string of the molecule is CC1(C)CCC(CN2CCN(c3ccc(C(=O)NS(=O)(=O)c4ccc(NC[C@H]5CC[C@H](N)CC5)c(N(O)O)c4)c(Oc4cnc5[nH]ccc5c4)c3)CC2)=C(c2ccc(Cl)cc2)C1. The van der Waals surface area contributed by atoms with Crippen LogP contribution in [0.4, 0.5) is 17.1 Å². The first-order chi connectivity index (χ1) is 29.7. The standard InChI is InChI=1S/C46H55ClN8O6S/c1-46(2)17-15-33(40(26-46)31-5-7-34(47)8-6-31)29-53-19-21-54(22-20-53)36-11-13-39(43(24-36)61-37-23-32-16-18-49-44(32)51-28-37)45(56)52-62(59,60)38-12-14-41(42(25-38)55(57)58)50-27-30-3-9-35(48)10-4-30/h5-8,11-14,16,18,23-25,28,30,35,50,57-58H,3-4,9-10,15,17,19-22,26-27,29,48H2,1-2H3,(H,49,51)(H,52,56)/t30-,35-. The number of carbonyl (C=O) groups excluding carboxylic acids is 1. The molecular formula is C46H55ClN8O6S. The number of nitrogens with two attached hydrogens (primary N) is 1. The Bertz CT molecular complexity index is 2550. The van der Waals surface area contributed by atoms with Crippen molar-refractivity contribution >= 4 is 61.2 Å². The van der Waals surface area contributed by atoms with Crippen molar-refractivity contribution in [2.45, 2.75) is 69.7 Å². The van der Waals surface area contributed by atoms with Gasteiger partial charge in [0.25, 0.3) is 15.9 Å². The number of H-pyrrole nitrogens is 1. The van der Waals surface area contributed by atoms with Crippen molar-refractivity contribution in [1.29, 1.82) is 0 Å². The van der Waals surface area contributed by atoms with Crippen molar-refractivity contribution in [2.24, 2.45) is 17.1 Å². The Labute approximate surface area is 367 Å². The van der Waals surface area contributed by atoms with Gasteiger partial charge in [0.2, 0.25) is 0 Å². The van der Waals surface area contributed by atoms with Gasteiger partial charge in [0, 0.05) is 73.7 Å². The van der Waals surface area contributed by atoms with E-state index in [-0.39, 0.29) is 38.6 Å². The maximum absolute atomic E-state index is 14.0. The van der Waals surface area contributed by atoms with Crippen LogP contribution in [0, 0.1) is 11.3 Å². The molecule has 3 aliphatic rings. The number of pyridine rings is 1. The van der Waals surface area contributed by atoms with E-state index in [1.165, 1.54) is 35.0 Å². The van der Waals surface area contributed by atoms with Crippen molar-refractivity contribution in [2.75, 3.05) is 54.7 Å². The van der Waals surface area contributed by atoms with Crippen LogP contribution in [0.2, 0.25) is 5.02 Å². The minimum Gasteiger partial charge on any atom is -0.455 e. The predicted molar refractivity (Wildman–Crippen MR) is 243 cm³/mol. The summed E-state index contributed by atoms with van der Waals surface area (Å²) in [7, 11) is -4.50. The molecule has 2 fully saturated rings. The predicted octanol–water partition coefficient (Wildman–Crippen LogP) is 8.43. The molecule has 0 bridgehead atoms. The number of hydrogen-bond donors (Lipinski definition) is 6. The van der Waals surface area contributed by atoms with E-state index in [0.29, 0.717) is 29.5 Å². The number of nitrogens with one attached hydrogen (secondary N) is 3. The van der Waals surface area contributed by atoms with E-state index < -0.39 is 15.9 Å². The number of benzene rings is 3. The number of anilines is 3. The highest BCUT2D eigenvalue weighted by Crippen LogP contribution is 2.43. The normalized spacial score (nSPS) is 19.7. The van der Waals surface area contributed by atoms with Crippen LogP contribution in [0.3, 0.4) is 0 Å². The van der Waals surface area contributed by atoms with Gasteiger partial charge in [-0.1, -0.05) is 43.2 Å². The van der Waals surface area contributed by atoms with Gasteiger partial charge in [0.05, 0.1) is 22.3 Å². The van der Waals surface area contributed by atoms with Crippen molar-refractivity contribution in [3.05, 3.63) is 107 Å². The molecular weight excluding hydrogens is 828 g/mol. The minimum atomic E-state index is -4.50. The summed E-state index contributed by atoms with van der Waals surface area (Å²) in [6.45, 7) is 9.25. The second-order valence-corrected chi connectivity index (χ2v) is 19.7. The number of aromatic amines is 1. The topological polar surface area (TPSA) is 189 Å². The molecule has 3 aromatic carbocycles. The van der Waals surface area contributed by atoms with Gasteiger partial charge < -0.3 is 25.7 Å². The van der Waals surface area contributed by atoms with Crippen LogP contribution in [0.5, 0.6) is 11.5 Å². The molecule has 0 spiro atoms. The van der Waals surface area contributed by atoms with Gasteiger partial charge in [-0.3, -0.25) is 20.1 Å². The molecule has 14 nitrogen and oxygen atoms in total. The number of hydrogen-bond acceptors (Lipinski definition) is 12. The summed E-state index contributed by atoms with van der Waals surface area (Å²) in [5.74, 6) is -0.0586. The lowest BCUT2D eigenvalue weighted by Gasteiger charge is -2.39. The molecule has 7 N–H and O–H groups in total. The summed E-state index contributed by atoms with van der Waals surface area (Å²) < 4.78 is 36.0. The van der Waals surface area contributed by atoms with Crippen molar-refractivity contribution in [3.63, 3.8) is 0 Å². The lowest BCUT2D eigenvalue weighted by Crippen LogP contribution is -2.47. The molecule has 8 rings (SSSR count). The van der Waals surface area contributed by atoms with E-state index in [4.69, 9.17) is 22.1 Å². The van der Waals surface area contributed by atoms with Crippen LogP contribution in [0.1, 0.15) is 74.7 Å². The third-order valence-electron chi connectivity index (χ3n) is 12.5. The molecule has 5 aromatic rings. The number of allylic oxidation sites excluding steroid dienone is 1. The fourth-order valence-corrected chi connectivity index (χ4v) is 9.97. The highest BCUT2D eigenvalue weighted by atomic mass is 35.5. The molecule has 0 unspecified atom stereocenters. The number of rotatable bonds is 13. The summed E-state index contributed by atoms with van der Waals surface area (Å²) in [6, 6.07) is 21.0. The number of halogens is 1. The van der Waals surface area contributed by atoms with Gasteiger partial charge in [0.1, 0.15) is 22.8 Å². The highest BCUT2D eigenvalue weighted by molar-refractivity contribution is 7.90. The van der Waals surface area contributed by atoms with Gasteiger partial charge >= 0.3 is 0 Å². The summed E-state index contributed by atoms with van der Waals surface area (Å²) in [5, 5.41) is 24.8. The molecule has 62 heavy (non-hydrogen) atoms. The molecule has 16 heteroatoms. The van der Waals surface area contributed by atoms with Crippen LogP contribution in [-0.2, 0) is 10.0 Å². The Balaban J connectivity index is 0.996. The van der Waals surface area contributed by atoms with E-state index in [2.05, 4.69) is 55.8 Å². The van der Waals surface area contributed by atoms with E-state index in [1.54, 1.807) is 30.5 Å². The monoisotopic (exact) mass is 882 g/mol. The van der Waals surface area contributed by atoms with Crippen molar-refractivity contribution in [1.82, 2.24) is 19.6 Å². The average Bonchev–Trinajstić information content (AvgIpc) is 3.72. The van der Waals surface area contributed by atoms with Crippen LogP contribution in [-0.4, -0.2) is 84.9 Å². The fourth-order valence-electron chi connectivity index (χ4n) is 8.86. The molecule has 3 heterocycles. The molecule has 1 amide bonds. The molecule has 1 saturated heterocycles. The number of aromatic nitrogens is 2. The number of amides is 1. The highest BCUT2D eigenvalue weighted by Gasteiger charge is 2.30. The number of ether oxygens (including phenoxy) is 1. The first-order valence-corrected chi connectivity index (χ1v) is 23.1. The van der Waals surface area contributed by atoms with E-state index >= 15 is 0 Å². The van der Waals surface area contributed by atoms with E-state index in [1.807, 2.05) is 18.2 Å². The zero-order valence-electron chi connectivity index (χ0n) is 35.1. The number of fused-ring (bicyclic) bond motifs is 1. The third kappa shape index (κ3) is 10.2. The fraction of sp³-hybridized carbons (Fsp3) is 0.391. The van der Waals surface area contributed by atoms with Gasteiger partial charge in [0.15, 0.2) is 0 Å². The number of nitrogens with zero attached hydrogens (tertiary/aromatic N) is 4. The molecule has 2 aliphatic carbocycles. The first kappa shape index (κ1) is 43.5. The Morgan fingerprint density at radius 1 is 1.00 bits per heavy atom. The van der Waals surface area contributed by atoms with Crippen LogP contribution in [0.15, 0.2) is 95.7 Å². The van der Waals surface area contributed by atoms with Gasteiger partial charge in [-0.2, -0.15) is 0 Å². The second-order valence-electron chi connectivity index (χ2n) is 17.6. The quantitative estimate of drug-likeness (QED) is 0.0621. The Kier molecular flexibility index (Phi) is 12.8. The Morgan fingerprint density at radius 2 is 1.76 bits per heavy atom. The molecule has 328 valence electrons. The van der Waals surface area contributed by atoms with Gasteiger partial charge in [-0.05, 0) is 122 Å². The third-order valence-corrected chi connectivity index (χ3v) is 14.1. The summed E-state index contributed by atoms with van der Waals surface area (Å²) in [6.07, 6.45) is 10.2. The van der Waals surface area contributed by atoms with Gasteiger partial charge in [-0.25, -0.2) is 18.1 Å². The number of piperazine rings is 1. The minimum absolute atomic E-state index is 0.0105. The smallest absolute Gasteiger partial charge is 0.268 e. The zero-order valence-corrected chi connectivity index (χ0v) is 36.7. The summed E-state index contributed by atoms with van der Waals surface area (Å²) >= 11 is 6.24. The van der Waals surface area contributed by atoms with Crippen LogP contribution >= 0.6 is 11.6 Å². The summed E-state index contributed by atoms with van der Waals surface area (Å²) in [5.41, 5.74) is 12.0. The first-order valence-electron chi connectivity index (χ1n) is 21.3. The molecule has 1 saturated carbocycles. The molecule has 0 radical (unpaired) electrons. The molecule has 0 atom stereocenters. The molecule has 2 aromatic heterocycles. The average molecular weight is 884 g/mol. The number of carbonyl (C=O) groups is 1. The second kappa shape index (κ2) is 18.3. The van der Waals surface area contributed by atoms with Crippen molar-refractivity contribution in [3.8, 4) is 11.5 Å². The summed E-state index contributed by atoms with van der Waals surface area (Å²) in [4.78, 5) is 25.8. The largest absolute Gasteiger partial charge is 0.455 e. The Morgan fingerprint density at radius 3 is 2.50 bits per heavy atom. The lowest BCUT2D eigenvalue weighted by atomic mass is 9.72. The lowest BCUT2D eigenvalue weighted by molar-refractivity contribution is 0.0294. The van der Waals surface area contributed by atoms with Crippen LogP contribution < -0.4 is 30.6 Å². The van der Waals surface area contributed by atoms with E-state index in [9.17, 15) is 23.6 Å². The zero-order chi connectivity index (χ0) is 43.6. The van der Waals surface area contributed by atoms with E-state index in [0.717, 1.165) is 99.8 Å². The van der Waals surface area contributed by atoms with Crippen molar-refractivity contribution < 1.29 is 28.4 Å². The maximum atomic E-state index is 14.0. The number of sulfonamides is 1. The maximum Gasteiger partial charge on any atom is 0.268 e. The molecule has 1 aliphatic heterocycles.